The quantitative estimate of drug-likeness (QED) is 0.735. The second-order valence-electron chi connectivity index (χ2n) is 4.79. The molecule has 0 radical (unpaired) electrons. The second kappa shape index (κ2) is 8.24. The number of rotatable bonds is 7. The van der Waals surface area contributed by atoms with Crippen LogP contribution in [0.3, 0.4) is 0 Å². The van der Waals surface area contributed by atoms with Gasteiger partial charge in [-0.25, -0.2) is 13.2 Å². The molecule has 7 nitrogen and oxygen atoms in total. The first-order valence-corrected chi connectivity index (χ1v) is 9.67. The van der Waals surface area contributed by atoms with Crippen molar-refractivity contribution in [3.63, 3.8) is 0 Å². The summed E-state index contributed by atoms with van der Waals surface area (Å²) in [5.74, 6) is -1.47. The molecule has 9 heteroatoms. The van der Waals surface area contributed by atoms with Gasteiger partial charge in [0.1, 0.15) is 16.3 Å². The first kappa shape index (κ1) is 19.1. The highest BCUT2D eigenvalue weighted by molar-refractivity contribution is 7.90. The van der Waals surface area contributed by atoms with Crippen molar-refractivity contribution in [3.05, 3.63) is 40.6 Å². The molecule has 0 fully saturated rings. The van der Waals surface area contributed by atoms with Crippen molar-refractivity contribution in [1.82, 2.24) is 4.72 Å². The SMILES string of the molecule is CCOC(=O)CNS(=O)(=O)c1c(-c2ccccc2)csc1C(=O)OC. The Morgan fingerprint density at radius 1 is 1.20 bits per heavy atom. The van der Waals surface area contributed by atoms with E-state index < -0.39 is 28.5 Å². The summed E-state index contributed by atoms with van der Waals surface area (Å²) in [7, 11) is -2.96. The van der Waals surface area contributed by atoms with Crippen LogP contribution in [0.1, 0.15) is 16.6 Å². The number of methoxy groups -OCH3 is 1. The minimum Gasteiger partial charge on any atom is -0.465 e. The lowest BCUT2D eigenvalue weighted by Crippen LogP contribution is -2.31. The normalized spacial score (nSPS) is 11.1. The van der Waals surface area contributed by atoms with E-state index >= 15 is 0 Å². The van der Waals surface area contributed by atoms with Gasteiger partial charge in [-0.15, -0.1) is 11.3 Å². The van der Waals surface area contributed by atoms with Gasteiger partial charge in [0.2, 0.25) is 10.0 Å². The van der Waals surface area contributed by atoms with E-state index in [1.807, 2.05) is 0 Å². The zero-order valence-electron chi connectivity index (χ0n) is 13.6. The van der Waals surface area contributed by atoms with Gasteiger partial charge in [0.15, 0.2) is 0 Å². The molecule has 0 aliphatic rings. The van der Waals surface area contributed by atoms with Crippen LogP contribution in [-0.2, 0) is 24.3 Å². The van der Waals surface area contributed by atoms with Crippen molar-refractivity contribution in [2.24, 2.45) is 0 Å². The highest BCUT2D eigenvalue weighted by atomic mass is 32.2. The Morgan fingerprint density at radius 2 is 1.88 bits per heavy atom. The van der Waals surface area contributed by atoms with Gasteiger partial charge in [0.05, 0.1) is 13.7 Å². The Hall–Kier alpha value is -2.23. The molecule has 1 heterocycles. The molecule has 0 spiro atoms. The van der Waals surface area contributed by atoms with Gasteiger partial charge in [0, 0.05) is 10.9 Å². The molecule has 1 aromatic carbocycles. The predicted octanol–water partition coefficient (Wildman–Crippen LogP) is 2.04. The molecule has 0 atom stereocenters. The van der Waals surface area contributed by atoms with Crippen molar-refractivity contribution in [2.75, 3.05) is 20.3 Å². The molecule has 0 aliphatic heterocycles. The fraction of sp³-hybridized carbons (Fsp3) is 0.250. The highest BCUT2D eigenvalue weighted by Crippen LogP contribution is 2.35. The first-order chi connectivity index (χ1) is 11.9. The van der Waals surface area contributed by atoms with Crippen LogP contribution in [0.5, 0.6) is 0 Å². The lowest BCUT2D eigenvalue weighted by Gasteiger charge is -2.10. The van der Waals surface area contributed by atoms with Crippen LogP contribution in [0.2, 0.25) is 0 Å². The number of hydrogen-bond donors (Lipinski definition) is 1. The maximum atomic E-state index is 12.7. The number of sulfonamides is 1. The third-order valence-corrected chi connectivity index (χ3v) is 5.76. The second-order valence-corrected chi connectivity index (χ2v) is 7.38. The van der Waals surface area contributed by atoms with Crippen molar-refractivity contribution >= 4 is 33.3 Å². The summed E-state index contributed by atoms with van der Waals surface area (Å²) in [5, 5.41) is 1.57. The number of hydrogen-bond acceptors (Lipinski definition) is 7. The molecule has 134 valence electrons. The monoisotopic (exact) mass is 383 g/mol. The number of carbonyl (C=O) groups excluding carboxylic acids is 2. The molecule has 2 rings (SSSR count). The molecule has 25 heavy (non-hydrogen) atoms. The third kappa shape index (κ3) is 4.44. The minimum atomic E-state index is -4.14. The summed E-state index contributed by atoms with van der Waals surface area (Å²) in [6.07, 6.45) is 0. The summed E-state index contributed by atoms with van der Waals surface area (Å²) >= 11 is 0.965. The lowest BCUT2D eigenvalue weighted by atomic mass is 10.1. The predicted molar refractivity (Wildman–Crippen MR) is 92.9 cm³/mol. The Morgan fingerprint density at radius 3 is 2.48 bits per heavy atom. The van der Waals surface area contributed by atoms with Gasteiger partial charge < -0.3 is 9.47 Å². The fourth-order valence-electron chi connectivity index (χ4n) is 2.10. The van der Waals surface area contributed by atoms with Crippen LogP contribution < -0.4 is 4.72 Å². The van der Waals surface area contributed by atoms with Gasteiger partial charge in [-0.1, -0.05) is 30.3 Å². The molecule has 0 bridgehead atoms. The first-order valence-electron chi connectivity index (χ1n) is 7.31. The van der Waals surface area contributed by atoms with E-state index in [0.29, 0.717) is 11.1 Å². The summed E-state index contributed by atoms with van der Waals surface area (Å²) in [5.41, 5.74) is 0.993. The minimum absolute atomic E-state index is 0.0577. The van der Waals surface area contributed by atoms with Gasteiger partial charge in [-0.2, -0.15) is 4.72 Å². The number of esters is 2. The average molecular weight is 383 g/mol. The summed E-state index contributed by atoms with van der Waals surface area (Å²) in [6, 6.07) is 8.77. The maximum Gasteiger partial charge on any atom is 0.349 e. The summed E-state index contributed by atoms with van der Waals surface area (Å²) in [4.78, 5) is 23.2. The van der Waals surface area contributed by atoms with Crippen LogP contribution >= 0.6 is 11.3 Å². The largest absolute Gasteiger partial charge is 0.465 e. The van der Waals surface area contributed by atoms with Gasteiger partial charge in [0.25, 0.3) is 0 Å². The Balaban J connectivity index is 2.47. The van der Waals surface area contributed by atoms with Crippen molar-refractivity contribution in [3.8, 4) is 11.1 Å². The molecular formula is C16H17NO6S2. The number of nitrogens with one attached hydrogen (secondary N) is 1. The van der Waals surface area contributed by atoms with E-state index in [0.717, 1.165) is 11.3 Å². The van der Waals surface area contributed by atoms with E-state index in [1.54, 1.807) is 42.6 Å². The van der Waals surface area contributed by atoms with Gasteiger partial charge >= 0.3 is 11.9 Å². The van der Waals surface area contributed by atoms with Crippen LogP contribution in [-0.4, -0.2) is 40.6 Å². The molecule has 0 aliphatic carbocycles. The smallest absolute Gasteiger partial charge is 0.349 e. The summed E-state index contributed by atoms with van der Waals surface area (Å²) in [6.45, 7) is 1.23. The van der Waals surface area contributed by atoms with E-state index in [1.165, 1.54) is 7.11 Å². The molecule has 1 aromatic heterocycles. The van der Waals surface area contributed by atoms with Crippen LogP contribution in [0.4, 0.5) is 0 Å². The van der Waals surface area contributed by atoms with Crippen LogP contribution in [0.15, 0.2) is 40.6 Å². The Kier molecular flexibility index (Phi) is 6.29. The molecule has 2 aromatic rings. The average Bonchev–Trinajstić information content (AvgIpc) is 3.06. The van der Waals surface area contributed by atoms with E-state index in [-0.39, 0.29) is 16.4 Å². The van der Waals surface area contributed by atoms with Crippen molar-refractivity contribution in [1.29, 1.82) is 0 Å². The number of ether oxygens (including phenoxy) is 2. The molecule has 0 saturated heterocycles. The van der Waals surface area contributed by atoms with Crippen LogP contribution in [0.25, 0.3) is 11.1 Å². The lowest BCUT2D eigenvalue weighted by molar-refractivity contribution is -0.141. The summed E-state index contributed by atoms with van der Waals surface area (Å²) < 4.78 is 37.0. The molecule has 0 saturated carbocycles. The zero-order valence-corrected chi connectivity index (χ0v) is 15.3. The van der Waals surface area contributed by atoms with E-state index in [9.17, 15) is 18.0 Å². The molecule has 0 amide bonds. The van der Waals surface area contributed by atoms with Gasteiger partial charge in [-0.05, 0) is 12.5 Å². The van der Waals surface area contributed by atoms with E-state index in [2.05, 4.69) is 9.46 Å². The number of thiophene rings is 1. The van der Waals surface area contributed by atoms with Crippen LogP contribution in [0, 0.1) is 0 Å². The van der Waals surface area contributed by atoms with Crippen molar-refractivity contribution in [2.45, 2.75) is 11.8 Å². The standard InChI is InChI=1S/C16H17NO6S2/c1-3-23-13(18)9-17-25(20,21)15-12(11-7-5-4-6-8-11)10-24-14(15)16(19)22-2/h4-8,10,17H,3,9H2,1-2H3. The fourth-order valence-corrected chi connectivity index (χ4v) is 4.78. The molecular weight excluding hydrogens is 366 g/mol. The third-order valence-electron chi connectivity index (χ3n) is 3.18. The Labute approximate surface area is 149 Å². The number of benzene rings is 1. The number of carbonyl (C=O) groups is 2. The van der Waals surface area contributed by atoms with Crippen molar-refractivity contribution < 1.29 is 27.5 Å². The highest BCUT2D eigenvalue weighted by Gasteiger charge is 2.30. The Bertz CT molecular complexity index is 858. The molecule has 0 unspecified atom stereocenters. The van der Waals surface area contributed by atoms with E-state index in [4.69, 9.17) is 4.74 Å². The van der Waals surface area contributed by atoms with Gasteiger partial charge in [-0.3, -0.25) is 4.79 Å². The molecule has 1 N–H and O–H groups in total. The topological polar surface area (TPSA) is 98.8 Å². The zero-order chi connectivity index (χ0) is 18.4. The maximum absolute atomic E-state index is 12.7.